The maximum Gasteiger partial charge on any atom is 0.262 e. The Balaban J connectivity index is 1.94. The third kappa shape index (κ3) is 3.11. The SMILES string of the molecule is Cc1cnc(NC(=O)c2c(C)nn(-c3ccc(F)cc3)c2Cl)s1. The van der Waals surface area contributed by atoms with Crippen LogP contribution < -0.4 is 5.32 Å². The molecule has 5 nitrogen and oxygen atoms in total. The molecule has 0 spiro atoms. The summed E-state index contributed by atoms with van der Waals surface area (Å²) in [4.78, 5) is 17.5. The van der Waals surface area contributed by atoms with Gasteiger partial charge in [-0.15, -0.1) is 11.3 Å². The molecule has 0 unspecified atom stereocenters. The molecule has 0 atom stereocenters. The molecule has 0 bridgehead atoms. The molecule has 1 amide bonds. The van der Waals surface area contributed by atoms with Gasteiger partial charge >= 0.3 is 0 Å². The van der Waals surface area contributed by atoms with Crippen molar-refractivity contribution in [2.75, 3.05) is 5.32 Å². The molecule has 0 aliphatic rings. The quantitative estimate of drug-likeness (QED) is 0.777. The van der Waals surface area contributed by atoms with Gasteiger partial charge in [-0.1, -0.05) is 11.6 Å². The number of rotatable bonds is 3. The number of hydrogen-bond donors (Lipinski definition) is 1. The monoisotopic (exact) mass is 350 g/mol. The summed E-state index contributed by atoms with van der Waals surface area (Å²) in [5, 5.41) is 7.63. The van der Waals surface area contributed by atoms with E-state index in [4.69, 9.17) is 11.6 Å². The first-order valence-corrected chi connectivity index (χ1v) is 7.90. The largest absolute Gasteiger partial charge is 0.298 e. The number of carbonyl (C=O) groups excluding carboxylic acids is 1. The molecule has 0 saturated heterocycles. The highest BCUT2D eigenvalue weighted by molar-refractivity contribution is 7.15. The summed E-state index contributed by atoms with van der Waals surface area (Å²) in [5.41, 5.74) is 1.32. The second kappa shape index (κ2) is 6.10. The number of nitrogens with one attached hydrogen (secondary N) is 1. The van der Waals surface area contributed by atoms with Gasteiger partial charge in [-0.2, -0.15) is 5.10 Å². The van der Waals surface area contributed by atoms with Crippen LogP contribution in [0.1, 0.15) is 20.9 Å². The Morgan fingerprint density at radius 1 is 1.30 bits per heavy atom. The molecule has 0 radical (unpaired) electrons. The van der Waals surface area contributed by atoms with Gasteiger partial charge in [0.05, 0.1) is 11.4 Å². The lowest BCUT2D eigenvalue weighted by molar-refractivity contribution is 0.102. The Labute approximate surface area is 140 Å². The Kier molecular flexibility index (Phi) is 4.14. The van der Waals surface area contributed by atoms with Crippen molar-refractivity contribution in [2.45, 2.75) is 13.8 Å². The lowest BCUT2D eigenvalue weighted by atomic mass is 10.2. The minimum atomic E-state index is -0.379. The second-order valence-corrected chi connectivity index (χ2v) is 6.46. The normalized spacial score (nSPS) is 10.8. The van der Waals surface area contributed by atoms with Crippen LogP contribution >= 0.6 is 22.9 Å². The molecule has 0 aliphatic carbocycles. The third-order valence-electron chi connectivity index (χ3n) is 3.14. The number of halogens is 2. The standard InChI is InChI=1S/C15H12ClFN4OS/c1-8-7-18-15(23-8)19-14(22)12-9(2)20-21(13(12)16)11-5-3-10(17)4-6-11/h3-7H,1-2H3,(H,18,19,22). The van der Waals surface area contributed by atoms with Crippen molar-refractivity contribution < 1.29 is 9.18 Å². The molecule has 0 fully saturated rings. The fourth-order valence-corrected chi connectivity index (χ4v) is 3.10. The van der Waals surface area contributed by atoms with Gasteiger partial charge in [-0.05, 0) is 38.1 Å². The van der Waals surface area contributed by atoms with Gasteiger partial charge in [0, 0.05) is 11.1 Å². The van der Waals surface area contributed by atoms with Crippen LogP contribution in [0.4, 0.5) is 9.52 Å². The molecule has 118 valence electrons. The fraction of sp³-hybridized carbons (Fsp3) is 0.133. The fourth-order valence-electron chi connectivity index (χ4n) is 2.08. The number of benzene rings is 1. The Hall–Kier alpha value is -2.25. The minimum absolute atomic E-state index is 0.167. The third-order valence-corrected chi connectivity index (χ3v) is 4.32. The molecular formula is C15H12ClFN4OS. The van der Waals surface area contributed by atoms with Crippen LogP contribution in [0, 0.1) is 19.7 Å². The van der Waals surface area contributed by atoms with Gasteiger partial charge in [-0.25, -0.2) is 14.1 Å². The number of aryl methyl sites for hydroxylation is 2. The van der Waals surface area contributed by atoms with E-state index in [1.165, 1.54) is 28.2 Å². The van der Waals surface area contributed by atoms with Crippen molar-refractivity contribution in [3.63, 3.8) is 0 Å². The van der Waals surface area contributed by atoms with Gasteiger partial charge in [0.15, 0.2) is 5.13 Å². The lowest BCUT2D eigenvalue weighted by Crippen LogP contribution is -2.12. The van der Waals surface area contributed by atoms with Crippen LogP contribution in [0.2, 0.25) is 5.15 Å². The molecule has 1 aromatic carbocycles. The summed E-state index contributed by atoms with van der Waals surface area (Å²) in [6.45, 7) is 3.59. The van der Waals surface area contributed by atoms with Crippen LogP contribution in [0.5, 0.6) is 0 Å². The van der Waals surface area contributed by atoms with Crippen molar-refractivity contribution in [2.24, 2.45) is 0 Å². The average Bonchev–Trinajstić information content (AvgIpc) is 3.03. The Morgan fingerprint density at radius 3 is 2.61 bits per heavy atom. The summed E-state index contributed by atoms with van der Waals surface area (Å²) in [5.74, 6) is -0.735. The molecule has 2 aromatic heterocycles. The highest BCUT2D eigenvalue weighted by Gasteiger charge is 2.22. The van der Waals surface area contributed by atoms with Crippen molar-refractivity contribution >= 4 is 34.0 Å². The Morgan fingerprint density at radius 2 is 2.00 bits per heavy atom. The average molecular weight is 351 g/mol. The maximum atomic E-state index is 13.0. The van der Waals surface area contributed by atoms with Gasteiger partial charge in [0.2, 0.25) is 0 Å². The van der Waals surface area contributed by atoms with Gasteiger partial charge in [0.25, 0.3) is 5.91 Å². The highest BCUT2D eigenvalue weighted by atomic mass is 35.5. The number of thiazole rings is 1. The van der Waals surface area contributed by atoms with E-state index in [1.54, 1.807) is 25.3 Å². The van der Waals surface area contributed by atoms with E-state index in [9.17, 15) is 9.18 Å². The second-order valence-electron chi connectivity index (χ2n) is 4.87. The molecule has 2 heterocycles. The maximum absolute atomic E-state index is 13.0. The van der Waals surface area contributed by atoms with Crippen molar-refractivity contribution in [1.82, 2.24) is 14.8 Å². The van der Waals surface area contributed by atoms with Gasteiger partial charge in [-0.3, -0.25) is 10.1 Å². The number of aromatic nitrogens is 3. The number of nitrogens with zero attached hydrogens (tertiary/aromatic N) is 3. The zero-order chi connectivity index (χ0) is 16.6. The number of anilines is 1. The molecule has 3 aromatic rings. The predicted molar refractivity (Wildman–Crippen MR) is 88.1 cm³/mol. The molecule has 8 heteroatoms. The van der Waals surface area contributed by atoms with E-state index in [0.29, 0.717) is 16.5 Å². The van der Waals surface area contributed by atoms with Gasteiger partial charge < -0.3 is 0 Å². The first kappa shape index (κ1) is 15.6. The molecule has 23 heavy (non-hydrogen) atoms. The van der Waals surface area contributed by atoms with E-state index < -0.39 is 0 Å². The first-order valence-electron chi connectivity index (χ1n) is 6.70. The Bertz CT molecular complexity index is 872. The van der Waals surface area contributed by atoms with E-state index in [0.717, 1.165) is 4.88 Å². The van der Waals surface area contributed by atoms with Gasteiger partial charge in [0.1, 0.15) is 16.5 Å². The predicted octanol–water partition coefficient (Wildman–Crippen LogP) is 3.99. The van der Waals surface area contributed by atoms with E-state index in [1.807, 2.05) is 6.92 Å². The number of carbonyl (C=O) groups is 1. The summed E-state index contributed by atoms with van der Waals surface area (Å²) in [7, 11) is 0. The molecular weight excluding hydrogens is 339 g/mol. The number of hydrogen-bond acceptors (Lipinski definition) is 4. The van der Waals surface area contributed by atoms with Crippen LogP contribution in [0.25, 0.3) is 5.69 Å². The summed E-state index contributed by atoms with van der Waals surface area (Å²) < 4.78 is 14.4. The highest BCUT2D eigenvalue weighted by Crippen LogP contribution is 2.25. The number of amides is 1. The zero-order valence-electron chi connectivity index (χ0n) is 12.3. The zero-order valence-corrected chi connectivity index (χ0v) is 13.9. The van der Waals surface area contributed by atoms with Crippen LogP contribution in [-0.2, 0) is 0 Å². The first-order chi connectivity index (χ1) is 11.0. The molecule has 0 saturated carbocycles. The minimum Gasteiger partial charge on any atom is -0.298 e. The summed E-state index contributed by atoms with van der Waals surface area (Å²) >= 11 is 7.67. The van der Waals surface area contributed by atoms with E-state index >= 15 is 0 Å². The van der Waals surface area contributed by atoms with Crippen molar-refractivity contribution in [3.8, 4) is 5.69 Å². The molecule has 1 N–H and O–H groups in total. The summed E-state index contributed by atoms with van der Waals surface area (Å²) in [6.07, 6.45) is 1.68. The molecule has 0 aliphatic heterocycles. The van der Waals surface area contributed by atoms with Crippen molar-refractivity contribution in [3.05, 3.63) is 57.6 Å². The van der Waals surface area contributed by atoms with E-state index in [2.05, 4.69) is 15.4 Å². The molecule has 3 rings (SSSR count). The van der Waals surface area contributed by atoms with Crippen LogP contribution in [-0.4, -0.2) is 20.7 Å². The van der Waals surface area contributed by atoms with Crippen LogP contribution in [0.15, 0.2) is 30.5 Å². The smallest absolute Gasteiger partial charge is 0.262 e. The van der Waals surface area contributed by atoms with Crippen molar-refractivity contribution in [1.29, 1.82) is 0 Å². The van der Waals surface area contributed by atoms with E-state index in [-0.39, 0.29) is 22.4 Å². The topological polar surface area (TPSA) is 59.8 Å². The lowest BCUT2D eigenvalue weighted by Gasteiger charge is -2.04. The van der Waals surface area contributed by atoms with Crippen LogP contribution in [0.3, 0.4) is 0 Å². The summed E-state index contributed by atoms with van der Waals surface area (Å²) in [6, 6.07) is 5.70.